The molecule has 90 valence electrons. The summed E-state index contributed by atoms with van der Waals surface area (Å²) in [6, 6.07) is 7.84. The fraction of sp³-hybridized carbons (Fsp3) is 0.143. The molecule has 0 aliphatic heterocycles. The zero-order valence-electron chi connectivity index (χ0n) is 9.57. The normalized spacial score (nSPS) is 15.2. The smallest absolute Gasteiger partial charge is 0.229 e. The standard InChI is InChI=1S/C14H9FO3/c1-7(15)11-6-10-12(16)8-4-2-3-5-9(8)13(17)14(10)18-11/h2-7H,1H3. The minimum absolute atomic E-state index is 0.00880. The van der Waals surface area contributed by atoms with Crippen LogP contribution in [0.2, 0.25) is 0 Å². The fourth-order valence-electron chi connectivity index (χ4n) is 2.09. The van der Waals surface area contributed by atoms with Gasteiger partial charge in [0.1, 0.15) is 5.76 Å². The van der Waals surface area contributed by atoms with Crippen LogP contribution in [0.15, 0.2) is 34.7 Å². The van der Waals surface area contributed by atoms with Crippen LogP contribution in [0.5, 0.6) is 0 Å². The molecule has 1 aromatic carbocycles. The van der Waals surface area contributed by atoms with E-state index in [9.17, 15) is 14.0 Å². The first-order valence-electron chi connectivity index (χ1n) is 5.56. The molecule has 0 N–H and O–H groups in total. The predicted molar refractivity (Wildman–Crippen MR) is 61.5 cm³/mol. The van der Waals surface area contributed by atoms with Crippen LogP contribution in [0.4, 0.5) is 4.39 Å². The molecule has 0 saturated heterocycles. The van der Waals surface area contributed by atoms with Crippen LogP contribution in [0.25, 0.3) is 0 Å². The number of carbonyl (C=O) groups is 2. The van der Waals surface area contributed by atoms with Crippen LogP contribution < -0.4 is 0 Å². The molecule has 3 nitrogen and oxygen atoms in total. The Morgan fingerprint density at radius 2 is 1.67 bits per heavy atom. The highest BCUT2D eigenvalue weighted by atomic mass is 19.1. The molecule has 1 atom stereocenters. The van der Waals surface area contributed by atoms with Crippen LogP contribution in [-0.4, -0.2) is 11.6 Å². The van der Waals surface area contributed by atoms with Crippen LogP contribution in [0.1, 0.15) is 50.9 Å². The van der Waals surface area contributed by atoms with Gasteiger partial charge in [-0.15, -0.1) is 0 Å². The van der Waals surface area contributed by atoms with Crippen molar-refractivity contribution < 1.29 is 18.4 Å². The first kappa shape index (κ1) is 10.9. The summed E-state index contributed by atoms with van der Waals surface area (Å²) in [6.45, 7) is 1.30. The van der Waals surface area contributed by atoms with Gasteiger partial charge in [0.25, 0.3) is 0 Å². The number of rotatable bonds is 1. The average Bonchev–Trinajstić information content (AvgIpc) is 2.81. The van der Waals surface area contributed by atoms with E-state index in [1.807, 2.05) is 0 Å². The van der Waals surface area contributed by atoms with E-state index in [0.29, 0.717) is 11.1 Å². The molecule has 1 heterocycles. The Morgan fingerprint density at radius 3 is 2.28 bits per heavy atom. The maximum absolute atomic E-state index is 13.2. The number of furan rings is 1. The third kappa shape index (κ3) is 1.35. The molecule has 18 heavy (non-hydrogen) atoms. The monoisotopic (exact) mass is 244 g/mol. The lowest BCUT2D eigenvalue weighted by atomic mass is 9.88. The Morgan fingerprint density at radius 1 is 1.06 bits per heavy atom. The van der Waals surface area contributed by atoms with Crippen LogP contribution in [-0.2, 0) is 0 Å². The summed E-state index contributed by atoms with van der Waals surface area (Å²) in [7, 11) is 0. The van der Waals surface area contributed by atoms with E-state index in [-0.39, 0.29) is 28.7 Å². The predicted octanol–water partition coefficient (Wildman–Crippen LogP) is 3.09. The van der Waals surface area contributed by atoms with E-state index in [1.54, 1.807) is 24.3 Å². The van der Waals surface area contributed by atoms with E-state index in [4.69, 9.17) is 4.42 Å². The Kier molecular flexibility index (Phi) is 2.20. The van der Waals surface area contributed by atoms with Gasteiger partial charge in [-0.05, 0) is 13.0 Å². The summed E-state index contributed by atoms with van der Waals surface area (Å²) in [5, 5.41) is 0. The molecule has 2 aromatic rings. The van der Waals surface area contributed by atoms with Crippen molar-refractivity contribution in [2.24, 2.45) is 0 Å². The van der Waals surface area contributed by atoms with E-state index in [2.05, 4.69) is 0 Å². The van der Waals surface area contributed by atoms with Gasteiger partial charge in [0.2, 0.25) is 5.78 Å². The van der Waals surface area contributed by atoms with Gasteiger partial charge in [0.05, 0.1) is 5.56 Å². The van der Waals surface area contributed by atoms with Gasteiger partial charge in [-0.25, -0.2) is 4.39 Å². The van der Waals surface area contributed by atoms with Gasteiger partial charge in [0.15, 0.2) is 17.7 Å². The molecule has 1 aliphatic rings. The number of ketones is 2. The molecule has 0 bridgehead atoms. The summed E-state index contributed by atoms with van der Waals surface area (Å²) in [6.07, 6.45) is -1.35. The van der Waals surface area contributed by atoms with Crippen molar-refractivity contribution >= 4 is 11.6 Å². The molecule has 0 radical (unpaired) electrons. The van der Waals surface area contributed by atoms with Gasteiger partial charge in [-0.3, -0.25) is 9.59 Å². The third-order valence-corrected chi connectivity index (χ3v) is 3.01. The quantitative estimate of drug-likeness (QED) is 0.660. The summed E-state index contributed by atoms with van der Waals surface area (Å²) in [5.41, 5.74) is 0.800. The van der Waals surface area contributed by atoms with Crippen LogP contribution >= 0.6 is 0 Å². The summed E-state index contributed by atoms with van der Waals surface area (Å²) < 4.78 is 18.3. The van der Waals surface area contributed by atoms with Crippen molar-refractivity contribution in [1.82, 2.24) is 0 Å². The summed E-state index contributed by atoms with van der Waals surface area (Å²) in [5.74, 6) is -0.712. The second-order valence-corrected chi connectivity index (χ2v) is 4.21. The molecule has 0 saturated carbocycles. The highest BCUT2D eigenvalue weighted by molar-refractivity contribution is 6.27. The van der Waals surface area contributed by atoms with Gasteiger partial charge >= 0.3 is 0 Å². The maximum atomic E-state index is 13.2. The average molecular weight is 244 g/mol. The molecule has 0 amide bonds. The molecule has 1 unspecified atom stereocenters. The highest BCUT2D eigenvalue weighted by Crippen LogP contribution is 2.32. The van der Waals surface area contributed by atoms with E-state index in [1.165, 1.54) is 13.0 Å². The second-order valence-electron chi connectivity index (χ2n) is 4.21. The number of carbonyl (C=O) groups excluding carboxylic acids is 2. The Labute approximate surface area is 102 Å². The molecular weight excluding hydrogens is 235 g/mol. The Balaban J connectivity index is 2.24. The topological polar surface area (TPSA) is 47.3 Å². The lowest BCUT2D eigenvalue weighted by Crippen LogP contribution is -2.18. The molecule has 1 aliphatic carbocycles. The minimum atomic E-state index is -1.35. The lowest BCUT2D eigenvalue weighted by molar-refractivity contribution is 0.0958. The highest BCUT2D eigenvalue weighted by Gasteiger charge is 2.33. The third-order valence-electron chi connectivity index (χ3n) is 3.01. The Hall–Kier alpha value is -2.23. The molecular formula is C14H9FO3. The maximum Gasteiger partial charge on any atom is 0.229 e. The van der Waals surface area contributed by atoms with E-state index < -0.39 is 6.17 Å². The zero-order chi connectivity index (χ0) is 12.9. The van der Waals surface area contributed by atoms with Gasteiger partial charge in [-0.2, -0.15) is 0 Å². The van der Waals surface area contributed by atoms with Crippen molar-refractivity contribution in [3.8, 4) is 0 Å². The summed E-state index contributed by atoms with van der Waals surface area (Å²) in [4.78, 5) is 24.3. The lowest BCUT2D eigenvalue weighted by Gasteiger charge is -2.11. The van der Waals surface area contributed by atoms with E-state index >= 15 is 0 Å². The molecule has 1 aromatic heterocycles. The number of alkyl halides is 1. The largest absolute Gasteiger partial charge is 0.454 e. The van der Waals surface area contributed by atoms with E-state index in [0.717, 1.165) is 0 Å². The zero-order valence-corrected chi connectivity index (χ0v) is 9.57. The number of hydrogen-bond donors (Lipinski definition) is 0. The number of hydrogen-bond acceptors (Lipinski definition) is 3. The van der Waals surface area contributed by atoms with Gasteiger partial charge < -0.3 is 4.42 Å². The fourth-order valence-corrected chi connectivity index (χ4v) is 2.09. The van der Waals surface area contributed by atoms with Gasteiger partial charge in [-0.1, -0.05) is 24.3 Å². The minimum Gasteiger partial charge on any atom is -0.454 e. The SMILES string of the molecule is CC(F)c1cc2c(o1)C(=O)c1ccccc1C2=O. The van der Waals surface area contributed by atoms with Crippen molar-refractivity contribution in [2.45, 2.75) is 13.1 Å². The molecule has 0 fully saturated rings. The molecule has 4 heteroatoms. The van der Waals surface area contributed by atoms with Crippen molar-refractivity contribution in [2.75, 3.05) is 0 Å². The van der Waals surface area contributed by atoms with Crippen LogP contribution in [0, 0.1) is 0 Å². The molecule has 0 spiro atoms. The van der Waals surface area contributed by atoms with Crippen molar-refractivity contribution in [3.05, 3.63) is 58.5 Å². The second kappa shape index (κ2) is 3.63. The van der Waals surface area contributed by atoms with Crippen molar-refractivity contribution in [3.63, 3.8) is 0 Å². The summed E-state index contributed by atoms with van der Waals surface area (Å²) >= 11 is 0. The number of halogens is 1. The Bertz CT molecular complexity index is 615. The number of benzene rings is 1. The number of fused-ring (bicyclic) bond motifs is 2. The molecule has 3 rings (SSSR count). The van der Waals surface area contributed by atoms with Crippen molar-refractivity contribution in [1.29, 1.82) is 0 Å². The first-order valence-corrected chi connectivity index (χ1v) is 5.56. The van der Waals surface area contributed by atoms with Crippen LogP contribution in [0.3, 0.4) is 0 Å². The first-order chi connectivity index (χ1) is 8.59. The van der Waals surface area contributed by atoms with Gasteiger partial charge in [0, 0.05) is 11.1 Å².